The Balaban J connectivity index is 1.77. The second-order valence-electron chi connectivity index (χ2n) is 6.56. The van der Waals surface area contributed by atoms with Gasteiger partial charge in [-0.05, 0) is 57.0 Å². The summed E-state index contributed by atoms with van der Waals surface area (Å²) in [4.78, 5) is 9.21. The molecule has 1 heterocycles. The second-order valence-corrected chi connectivity index (χ2v) is 9.91. The molecule has 1 aromatic heterocycles. The molecule has 2 atom stereocenters. The lowest BCUT2D eigenvalue weighted by Crippen LogP contribution is -2.43. The van der Waals surface area contributed by atoms with E-state index in [0.717, 1.165) is 37.1 Å². The fourth-order valence-electron chi connectivity index (χ4n) is 3.14. The van der Waals surface area contributed by atoms with Gasteiger partial charge in [0.25, 0.3) is 0 Å². The van der Waals surface area contributed by atoms with Crippen molar-refractivity contribution in [3.63, 3.8) is 0 Å². The third-order valence-electron chi connectivity index (χ3n) is 4.35. The Morgan fingerprint density at radius 1 is 1.08 bits per heavy atom. The first-order valence-corrected chi connectivity index (χ1v) is 11.3. The first kappa shape index (κ1) is 19.6. The molecule has 1 aliphatic rings. The summed E-state index contributed by atoms with van der Waals surface area (Å²) >= 11 is 7.43. The molecule has 0 bridgehead atoms. The van der Waals surface area contributed by atoms with Crippen molar-refractivity contribution in [2.45, 2.75) is 60.9 Å². The molecule has 0 aliphatic heterocycles. The molecular formula is C18H22ClN3O2S2. The van der Waals surface area contributed by atoms with Crippen LogP contribution in [0.3, 0.4) is 0 Å². The summed E-state index contributed by atoms with van der Waals surface area (Å²) < 4.78 is 28.3. The first-order chi connectivity index (χ1) is 12.3. The van der Waals surface area contributed by atoms with Crippen LogP contribution in [0.25, 0.3) is 0 Å². The van der Waals surface area contributed by atoms with Crippen molar-refractivity contribution < 1.29 is 8.42 Å². The topological polar surface area (TPSA) is 72.0 Å². The Morgan fingerprint density at radius 3 is 2.35 bits per heavy atom. The lowest BCUT2D eigenvalue weighted by molar-refractivity contribution is 0.422. The van der Waals surface area contributed by atoms with Crippen molar-refractivity contribution in [2.24, 2.45) is 0 Å². The van der Waals surface area contributed by atoms with Gasteiger partial charge in [-0.15, -0.1) is 0 Å². The van der Waals surface area contributed by atoms with Gasteiger partial charge in [0.1, 0.15) is 0 Å². The fourth-order valence-corrected chi connectivity index (χ4v) is 5.98. The van der Waals surface area contributed by atoms with Crippen LogP contribution in [0.1, 0.15) is 37.1 Å². The standard InChI is InChI=1S/C18H22ClN3O2S2/c1-12-11-13(2)21-18(20-12)25-17-6-4-3-5-16(17)22-26(23,24)15-9-7-14(19)8-10-15/h7-11,16-17,22H,3-6H2,1-2H3/t16-,17-/m0/s1. The average Bonchev–Trinajstić information content (AvgIpc) is 2.56. The van der Waals surface area contributed by atoms with Crippen molar-refractivity contribution in [3.05, 3.63) is 46.7 Å². The van der Waals surface area contributed by atoms with Gasteiger partial charge < -0.3 is 0 Å². The fraction of sp³-hybridized carbons (Fsp3) is 0.444. The van der Waals surface area contributed by atoms with Gasteiger partial charge in [0, 0.05) is 27.7 Å². The van der Waals surface area contributed by atoms with E-state index in [2.05, 4.69) is 14.7 Å². The van der Waals surface area contributed by atoms with Crippen LogP contribution in [-0.2, 0) is 10.0 Å². The van der Waals surface area contributed by atoms with Gasteiger partial charge in [-0.1, -0.05) is 36.2 Å². The van der Waals surface area contributed by atoms with Crippen molar-refractivity contribution >= 4 is 33.4 Å². The van der Waals surface area contributed by atoms with E-state index in [4.69, 9.17) is 11.6 Å². The molecule has 26 heavy (non-hydrogen) atoms. The third-order valence-corrected chi connectivity index (χ3v) is 7.37. The number of halogens is 1. The Kier molecular flexibility index (Phi) is 6.22. The molecule has 1 aliphatic carbocycles. The summed E-state index contributed by atoms with van der Waals surface area (Å²) in [6, 6.07) is 8.04. The number of nitrogens with zero attached hydrogens (tertiary/aromatic N) is 2. The minimum Gasteiger partial charge on any atom is -0.228 e. The Bertz CT molecular complexity index is 852. The quantitative estimate of drug-likeness (QED) is 0.749. The highest BCUT2D eigenvalue weighted by atomic mass is 35.5. The summed E-state index contributed by atoms with van der Waals surface area (Å²) in [5.74, 6) is 0. The van der Waals surface area contributed by atoms with Crippen molar-refractivity contribution in [3.8, 4) is 0 Å². The summed E-state index contributed by atoms with van der Waals surface area (Å²) in [5, 5.41) is 1.35. The van der Waals surface area contributed by atoms with E-state index in [-0.39, 0.29) is 16.2 Å². The zero-order valence-electron chi connectivity index (χ0n) is 14.8. The monoisotopic (exact) mass is 411 g/mol. The maximum atomic E-state index is 12.7. The summed E-state index contributed by atoms with van der Waals surface area (Å²) in [6.07, 6.45) is 3.85. The van der Waals surface area contributed by atoms with E-state index >= 15 is 0 Å². The number of aromatic nitrogens is 2. The van der Waals surface area contributed by atoms with Crippen LogP contribution in [0.15, 0.2) is 40.4 Å². The summed E-state index contributed by atoms with van der Waals surface area (Å²) in [6.45, 7) is 3.89. The molecule has 1 fully saturated rings. The molecular weight excluding hydrogens is 390 g/mol. The van der Waals surface area contributed by atoms with Gasteiger partial charge >= 0.3 is 0 Å². The molecule has 8 heteroatoms. The van der Waals surface area contributed by atoms with E-state index in [1.807, 2.05) is 19.9 Å². The number of thioether (sulfide) groups is 1. The second kappa shape index (κ2) is 8.25. The molecule has 2 aromatic rings. The zero-order valence-corrected chi connectivity index (χ0v) is 17.2. The highest BCUT2D eigenvalue weighted by Crippen LogP contribution is 2.33. The van der Waals surface area contributed by atoms with Gasteiger partial charge in [0.05, 0.1) is 4.90 Å². The molecule has 1 N–H and O–H groups in total. The van der Waals surface area contributed by atoms with Crippen LogP contribution in [0, 0.1) is 13.8 Å². The highest BCUT2D eigenvalue weighted by Gasteiger charge is 2.31. The molecule has 1 aromatic carbocycles. The first-order valence-electron chi connectivity index (χ1n) is 8.60. The molecule has 140 valence electrons. The molecule has 1 saturated carbocycles. The van der Waals surface area contributed by atoms with E-state index in [1.165, 1.54) is 12.1 Å². The Hall–Kier alpha value is -1.15. The van der Waals surface area contributed by atoms with Crippen LogP contribution in [0.4, 0.5) is 0 Å². The summed E-state index contributed by atoms with van der Waals surface area (Å²) in [7, 11) is -3.58. The van der Waals surface area contributed by atoms with Crippen LogP contribution < -0.4 is 4.72 Å². The molecule has 5 nitrogen and oxygen atoms in total. The van der Waals surface area contributed by atoms with E-state index in [9.17, 15) is 8.42 Å². The Labute approximate surface area is 164 Å². The van der Waals surface area contributed by atoms with E-state index in [0.29, 0.717) is 10.2 Å². The third kappa shape index (κ3) is 4.97. The average molecular weight is 412 g/mol. The maximum absolute atomic E-state index is 12.7. The predicted molar refractivity (Wildman–Crippen MR) is 105 cm³/mol. The number of aryl methyl sites for hydroxylation is 2. The number of benzene rings is 1. The van der Waals surface area contributed by atoms with Crippen molar-refractivity contribution in [2.75, 3.05) is 0 Å². The molecule has 0 radical (unpaired) electrons. The predicted octanol–water partition coefficient (Wildman–Crippen LogP) is 4.13. The largest absolute Gasteiger partial charge is 0.240 e. The van der Waals surface area contributed by atoms with Crippen LogP contribution in [0.2, 0.25) is 5.02 Å². The normalized spacial score (nSPS) is 20.9. The number of hydrogen-bond acceptors (Lipinski definition) is 5. The number of sulfonamides is 1. The van der Waals surface area contributed by atoms with E-state index in [1.54, 1.807) is 23.9 Å². The van der Waals surface area contributed by atoms with Crippen LogP contribution >= 0.6 is 23.4 Å². The smallest absolute Gasteiger partial charge is 0.228 e. The molecule has 0 saturated heterocycles. The van der Waals surface area contributed by atoms with Gasteiger partial charge in [-0.3, -0.25) is 0 Å². The minimum atomic E-state index is -3.58. The number of hydrogen-bond donors (Lipinski definition) is 1. The Morgan fingerprint density at radius 2 is 1.69 bits per heavy atom. The molecule has 3 rings (SSSR count). The number of nitrogens with one attached hydrogen (secondary N) is 1. The van der Waals surface area contributed by atoms with Crippen molar-refractivity contribution in [1.29, 1.82) is 0 Å². The summed E-state index contributed by atoms with van der Waals surface area (Å²) in [5.41, 5.74) is 1.85. The van der Waals surface area contributed by atoms with Gasteiger partial charge in [-0.25, -0.2) is 23.1 Å². The lowest BCUT2D eigenvalue weighted by Gasteiger charge is -2.31. The molecule has 0 spiro atoms. The van der Waals surface area contributed by atoms with E-state index < -0.39 is 10.0 Å². The highest BCUT2D eigenvalue weighted by molar-refractivity contribution is 7.99. The van der Waals surface area contributed by atoms with Crippen LogP contribution in [0.5, 0.6) is 0 Å². The lowest BCUT2D eigenvalue weighted by atomic mass is 9.96. The minimum absolute atomic E-state index is 0.118. The van der Waals surface area contributed by atoms with Gasteiger partial charge in [-0.2, -0.15) is 0 Å². The maximum Gasteiger partial charge on any atom is 0.240 e. The van der Waals surface area contributed by atoms with Gasteiger partial charge in [0.15, 0.2) is 5.16 Å². The van der Waals surface area contributed by atoms with Gasteiger partial charge in [0.2, 0.25) is 10.0 Å². The van der Waals surface area contributed by atoms with Crippen LogP contribution in [-0.4, -0.2) is 29.7 Å². The molecule has 0 amide bonds. The molecule has 0 unspecified atom stereocenters. The SMILES string of the molecule is Cc1cc(C)nc(S[C@H]2CCCC[C@@H]2NS(=O)(=O)c2ccc(Cl)cc2)n1. The number of rotatable bonds is 5. The zero-order chi connectivity index (χ0) is 18.7. The van der Waals surface area contributed by atoms with Crippen molar-refractivity contribution in [1.82, 2.24) is 14.7 Å².